The minimum Gasteiger partial charge on any atom is -0.371 e. The van der Waals surface area contributed by atoms with E-state index in [1.807, 2.05) is 35.2 Å². The summed E-state index contributed by atoms with van der Waals surface area (Å²) in [6.45, 7) is 3.88. The van der Waals surface area contributed by atoms with E-state index in [-0.39, 0.29) is 17.4 Å². The number of carbonyl (C=O) groups excluding carboxylic acids is 2. The molecule has 6 nitrogen and oxygen atoms in total. The van der Waals surface area contributed by atoms with Gasteiger partial charge >= 0.3 is 0 Å². The third-order valence-electron chi connectivity index (χ3n) is 8.05. The first-order valence-electron chi connectivity index (χ1n) is 12.5. The number of piperidine rings is 1. The number of carbonyl (C=O) groups is 2. The van der Waals surface area contributed by atoms with Crippen molar-refractivity contribution in [3.63, 3.8) is 0 Å². The lowest BCUT2D eigenvalue weighted by atomic mass is 9.84. The van der Waals surface area contributed by atoms with E-state index in [2.05, 4.69) is 48.9 Å². The molecule has 3 aliphatic rings. The van der Waals surface area contributed by atoms with Crippen LogP contribution >= 0.6 is 15.9 Å². The number of amides is 2. The molecule has 3 aliphatic heterocycles. The van der Waals surface area contributed by atoms with Gasteiger partial charge in [-0.15, -0.1) is 0 Å². The lowest BCUT2D eigenvalue weighted by Crippen LogP contribution is -2.70. The van der Waals surface area contributed by atoms with E-state index in [1.54, 1.807) is 12.4 Å². The molecule has 0 saturated carbocycles. The van der Waals surface area contributed by atoms with Crippen LogP contribution < -0.4 is 4.90 Å². The van der Waals surface area contributed by atoms with Gasteiger partial charge in [0.1, 0.15) is 0 Å². The summed E-state index contributed by atoms with van der Waals surface area (Å²) in [5.41, 5.74) is 1.75. The molecule has 0 unspecified atom stereocenters. The molecule has 0 aliphatic carbocycles. The smallest absolute Gasteiger partial charge is 0.254 e. The quantitative estimate of drug-likeness (QED) is 0.489. The van der Waals surface area contributed by atoms with Crippen molar-refractivity contribution in [3.05, 3.63) is 71.0 Å². The first-order chi connectivity index (χ1) is 17.0. The molecule has 1 aromatic heterocycles. The van der Waals surface area contributed by atoms with Crippen LogP contribution in [0.15, 0.2) is 65.4 Å². The van der Waals surface area contributed by atoms with Gasteiger partial charge < -0.3 is 14.7 Å². The number of nitrogens with zero attached hydrogens (tertiary/aromatic N) is 4. The first kappa shape index (κ1) is 22.5. The maximum atomic E-state index is 13.6. The Morgan fingerprint density at radius 2 is 1.80 bits per heavy atom. The van der Waals surface area contributed by atoms with Crippen molar-refractivity contribution in [2.24, 2.45) is 5.92 Å². The average Bonchev–Trinajstić information content (AvgIpc) is 3.32. The summed E-state index contributed by atoms with van der Waals surface area (Å²) in [6.07, 6.45) is 7.29. The number of anilines is 1. The number of halogens is 1. The van der Waals surface area contributed by atoms with Crippen LogP contribution in [0.5, 0.6) is 0 Å². The Morgan fingerprint density at radius 1 is 1.00 bits per heavy atom. The van der Waals surface area contributed by atoms with Crippen LogP contribution in [0.3, 0.4) is 0 Å². The summed E-state index contributed by atoms with van der Waals surface area (Å²) in [7, 11) is 0. The summed E-state index contributed by atoms with van der Waals surface area (Å²) in [4.78, 5) is 37.6. The van der Waals surface area contributed by atoms with Crippen LogP contribution in [0.4, 0.5) is 5.69 Å². The molecule has 180 valence electrons. The van der Waals surface area contributed by atoms with E-state index in [9.17, 15) is 9.59 Å². The fourth-order valence-electron chi connectivity index (χ4n) is 6.18. The van der Waals surface area contributed by atoms with Gasteiger partial charge in [-0.1, -0.05) is 34.1 Å². The van der Waals surface area contributed by atoms with E-state index in [0.717, 1.165) is 66.1 Å². The maximum Gasteiger partial charge on any atom is 0.254 e. The molecular formula is C28H29BrN4O2. The Bertz CT molecular complexity index is 1280. The van der Waals surface area contributed by atoms with Crippen molar-refractivity contribution in [1.82, 2.24) is 14.8 Å². The zero-order valence-corrected chi connectivity index (χ0v) is 21.3. The Hall–Kier alpha value is -2.93. The van der Waals surface area contributed by atoms with E-state index in [1.165, 1.54) is 5.69 Å². The van der Waals surface area contributed by atoms with Gasteiger partial charge in [-0.05, 0) is 61.4 Å². The number of rotatable bonds is 3. The molecule has 1 spiro atoms. The SMILES string of the molecule is O=C(c1cccc2cnccc12)N1CC2(CCCN2C(=O)C2CCN(c3cccc(Br)c3)CC2)C1. The van der Waals surface area contributed by atoms with Crippen LogP contribution in [0, 0.1) is 5.92 Å². The number of benzene rings is 2. The van der Waals surface area contributed by atoms with Crippen LogP contribution in [-0.4, -0.2) is 64.9 Å². The Labute approximate surface area is 214 Å². The number of pyridine rings is 1. The largest absolute Gasteiger partial charge is 0.371 e. The molecule has 7 heteroatoms. The van der Waals surface area contributed by atoms with Crippen molar-refractivity contribution in [2.75, 3.05) is 37.6 Å². The summed E-state index contributed by atoms with van der Waals surface area (Å²) >= 11 is 3.56. The molecule has 3 saturated heterocycles. The standard InChI is InChI=1S/C28H29BrN4O2/c29-22-5-2-6-23(16-22)31-14-9-20(10-15-31)26(34)33-13-3-11-28(33)18-32(19-28)27(35)25-7-1-4-21-17-30-12-8-24(21)25/h1-2,4-8,12,16-17,20H,3,9-11,13-15,18-19H2. The first-order valence-corrected chi connectivity index (χ1v) is 13.3. The second-order valence-electron chi connectivity index (χ2n) is 10.1. The topological polar surface area (TPSA) is 56.8 Å². The predicted octanol–water partition coefficient (Wildman–Crippen LogP) is 4.73. The van der Waals surface area contributed by atoms with Gasteiger partial charge in [0.05, 0.1) is 5.54 Å². The fourth-order valence-corrected chi connectivity index (χ4v) is 6.56. The minimum absolute atomic E-state index is 0.0501. The summed E-state index contributed by atoms with van der Waals surface area (Å²) < 4.78 is 1.08. The van der Waals surface area contributed by atoms with E-state index in [0.29, 0.717) is 19.0 Å². The highest BCUT2D eigenvalue weighted by molar-refractivity contribution is 9.10. The van der Waals surface area contributed by atoms with Crippen molar-refractivity contribution >= 4 is 44.2 Å². The Kier molecular flexibility index (Phi) is 5.75. The molecule has 35 heavy (non-hydrogen) atoms. The van der Waals surface area contributed by atoms with Crippen LogP contribution in [0.2, 0.25) is 0 Å². The Morgan fingerprint density at radius 3 is 2.60 bits per heavy atom. The summed E-state index contributed by atoms with van der Waals surface area (Å²) in [6, 6.07) is 16.1. The second kappa shape index (κ2) is 8.94. The van der Waals surface area contributed by atoms with E-state index >= 15 is 0 Å². The zero-order valence-electron chi connectivity index (χ0n) is 19.7. The lowest BCUT2D eigenvalue weighted by Gasteiger charge is -2.53. The average molecular weight is 533 g/mol. The van der Waals surface area contributed by atoms with Crippen LogP contribution in [-0.2, 0) is 4.79 Å². The molecule has 0 radical (unpaired) electrons. The zero-order chi connectivity index (χ0) is 24.0. The van der Waals surface area contributed by atoms with Crippen molar-refractivity contribution in [3.8, 4) is 0 Å². The highest BCUT2D eigenvalue weighted by Gasteiger charge is 2.54. The van der Waals surface area contributed by atoms with Gasteiger partial charge in [0, 0.05) is 72.1 Å². The third-order valence-corrected chi connectivity index (χ3v) is 8.54. The normalized spacial score (nSPS) is 19.9. The number of likely N-dealkylation sites (tertiary alicyclic amines) is 2. The van der Waals surface area contributed by atoms with Gasteiger partial charge in [0.2, 0.25) is 5.91 Å². The monoisotopic (exact) mass is 532 g/mol. The predicted molar refractivity (Wildman–Crippen MR) is 140 cm³/mol. The van der Waals surface area contributed by atoms with Crippen molar-refractivity contribution in [2.45, 2.75) is 31.2 Å². The number of hydrogen-bond donors (Lipinski definition) is 0. The minimum atomic E-state index is -0.180. The molecule has 2 aromatic carbocycles. The van der Waals surface area contributed by atoms with E-state index in [4.69, 9.17) is 0 Å². The summed E-state index contributed by atoms with van der Waals surface area (Å²) in [5.74, 6) is 0.414. The van der Waals surface area contributed by atoms with Crippen molar-refractivity contribution < 1.29 is 9.59 Å². The van der Waals surface area contributed by atoms with E-state index < -0.39 is 0 Å². The van der Waals surface area contributed by atoms with Crippen LogP contribution in [0.1, 0.15) is 36.0 Å². The molecule has 0 N–H and O–H groups in total. The number of hydrogen-bond acceptors (Lipinski definition) is 4. The molecular weight excluding hydrogens is 504 g/mol. The highest BCUT2D eigenvalue weighted by atomic mass is 79.9. The van der Waals surface area contributed by atoms with Crippen molar-refractivity contribution in [1.29, 1.82) is 0 Å². The Balaban J connectivity index is 1.11. The molecule has 6 rings (SSSR count). The second-order valence-corrected chi connectivity index (χ2v) is 11.0. The van der Waals surface area contributed by atoms with Gasteiger partial charge in [-0.3, -0.25) is 14.6 Å². The molecule has 0 bridgehead atoms. The number of aromatic nitrogens is 1. The maximum absolute atomic E-state index is 13.6. The highest BCUT2D eigenvalue weighted by Crippen LogP contribution is 2.40. The van der Waals surface area contributed by atoms with Gasteiger partial charge in [-0.2, -0.15) is 0 Å². The van der Waals surface area contributed by atoms with Gasteiger partial charge in [0.15, 0.2) is 0 Å². The number of fused-ring (bicyclic) bond motifs is 1. The van der Waals surface area contributed by atoms with Gasteiger partial charge in [-0.25, -0.2) is 0 Å². The molecule has 4 heterocycles. The molecule has 2 amide bonds. The lowest BCUT2D eigenvalue weighted by molar-refractivity contribution is -0.145. The molecule has 0 atom stereocenters. The van der Waals surface area contributed by atoms with Crippen LogP contribution in [0.25, 0.3) is 10.8 Å². The summed E-state index contributed by atoms with van der Waals surface area (Å²) in [5, 5.41) is 1.91. The molecule has 3 fully saturated rings. The fraction of sp³-hybridized carbons (Fsp3) is 0.393. The molecule has 3 aromatic rings. The van der Waals surface area contributed by atoms with Gasteiger partial charge in [0.25, 0.3) is 5.91 Å². The third kappa shape index (κ3) is 3.99.